The summed E-state index contributed by atoms with van der Waals surface area (Å²) in [6.07, 6.45) is -0.303. The van der Waals surface area contributed by atoms with Crippen LogP contribution < -0.4 is 30.3 Å². The van der Waals surface area contributed by atoms with Crippen molar-refractivity contribution in [3.8, 4) is 11.5 Å². The molecular formula is C30H36N4O6. The third-order valence-corrected chi connectivity index (χ3v) is 6.06. The summed E-state index contributed by atoms with van der Waals surface area (Å²) in [6.45, 7) is 3.79. The van der Waals surface area contributed by atoms with Gasteiger partial charge in [-0.3, -0.25) is 10.1 Å². The number of urea groups is 1. The van der Waals surface area contributed by atoms with Crippen LogP contribution in [0.5, 0.6) is 11.5 Å². The molecule has 40 heavy (non-hydrogen) atoms. The van der Waals surface area contributed by atoms with Gasteiger partial charge in [0.1, 0.15) is 17.7 Å². The van der Waals surface area contributed by atoms with E-state index < -0.39 is 18.2 Å². The van der Waals surface area contributed by atoms with Crippen molar-refractivity contribution >= 4 is 34.8 Å². The number of amides is 2. The molecule has 0 aliphatic heterocycles. The standard InChI is InChI=1S/C30H36N4O6/c1-19-9-7-8-10-24(19)32-30(37)33-25-13-11-21(16-28(25)38-5)15-23(35)18-31-20(2)40-27-14-12-22(29(36)39-6)17-26(27)34(3)4/h7-14,16-17,20,31H,15,18H2,1-6H3,(H2,32,33,37). The number of aryl methyl sites for hydroxylation is 1. The average molecular weight is 549 g/mol. The van der Waals surface area contributed by atoms with Gasteiger partial charge >= 0.3 is 12.0 Å². The van der Waals surface area contributed by atoms with E-state index >= 15 is 0 Å². The fourth-order valence-electron chi connectivity index (χ4n) is 3.93. The molecule has 0 aliphatic carbocycles. The molecule has 0 spiro atoms. The summed E-state index contributed by atoms with van der Waals surface area (Å²) in [4.78, 5) is 38.9. The van der Waals surface area contributed by atoms with Gasteiger partial charge in [0, 0.05) is 26.2 Å². The largest absolute Gasteiger partial charge is 0.495 e. The first-order chi connectivity index (χ1) is 19.1. The number of Topliss-reactive ketones (excluding diaryl/α,β-unsaturated/α-hetero) is 1. The summed E-state index contributed by atoms with van der Waals surface area (Å²) in [5, 5.41) is 8.69. The first-order valence-electron chi connectivity index (χ1n) is 12.7. The van der Waals surface area contributed by atoms with Crippen LogP contribution >= 0.6 is 0 Å². The molecule has 10 heteroatoms. The minimum absolute atomic E-state index is 0.0515. The number of carbonyl (C=O) groups is 3. The van der Waals surface area contributed by atoms with Gasteiger partial charge in [-0.1, -0.05) is 24.3 Å². The number of hydrogen-bond acceptors (Lipinski definition) is 8. The lowest BCUT2D eigenvalue weighted by atomic mass is 10.1. The number of para-hydroxylation sites is 1. The molecule has 0 radical (unpaired) electrons. The van der Waals surface area contributed by atoms with Crippen molar-refractivity contribution in [3.63, 3.8) is 0 Å². The molecule has 3 aromatic carbocycles. The molecule has 10 nitrogen and oxygen atoms in total. The maximum atomic E-state index is 12.7. The number of methoxy groups -OCH3 is 2. The molecule has 0 fully saturated rings. The van der Waals surface area contributed by atoms with E-state index in [-0.39, 0.29) is 18.7 Å². The maximum Gasteiger partial charge on any atom is 0.337 e. The van der Waals surface area contributed by atoms with Crippen LogP contribution in [0, 0.1) is 6.92 Å². The second kappa shape index (κ2) is 14.0. The first kappa shape index (κ1) is 30.0. The number of hydrogen-bond donors (Lipinski definition) is 3. The van der Waals surface area contributed by atoms with E-state index in [4.69, 9.17) is 14.2 Å². The zero-order valence-electron chi connectivity index (χ0n) is 23.7. The highest BCUT2D eigenvalue weighted by molar-refractivity contribution is 6.01. The number of rotatable bonds is 12. The molecule has 1 unspecified atom stereocenters. The van der Waals surface area contributed by atoms with E-state index in [1.807, 2.05) is 50.2 Å². The van der Waals surface area contributed by atoms with Crippen LogP contribution in [0.15, 0.2) is 60.7 Å². The Labute approximate surface area is 234 Å². The van der Waals surface area contributed by atoms with E-state index in [0.29, 0.717) is 34.1 Å². The number of ether oxygens (including phenoxy) is 3. The molecule has 1 atom stereocenters. The molecule has 0 saturated carbocycles. The van der Waals surface area contributed by atoms with Crippen LogP contribution in [0.4, 0.5) is 21.9 Å². The highest BCUT2D eigenvalue weighted by atomic mass is 16.5. The van der Waals surface area contributed by atoms with Crippen molar-refractivity contribution in [3.05, 3.63) is 77.4 Å². The van der Waals surface area contributed by atoms with Crippen LogP contribution in [0.2, 0.25) is 0 Å². The van der Waals surface area contributed by atoms with Crippen molar-refractivity contribution < 1.29 is 28.6 Å². The molecule has 212 valence electrons. The Kier molecular flexibility index (Phi) is 10.5. The summed E-state index contributed by atoms with van der Waals surface area (Å²) in [5.41, 5.74) is 4.01. The third-order valence-electron chi connectivity index (χ3n) is 6.06. The zero-order valence-corrected chi connectivity index (χ0v) is 23.7. The van der Waals surface area contributed by atoms with Gasteiger partial charge in [-0.05, 0) is 61.4 Å². The zero-order chi connectivity index (χ0) is 29.2. The Morgan fingerprint density at radius 1 is 0.900 bits per heavy atom. The second-order valence-corrected chi connectivity index (χ2v) is 9.35. The number of benzene rings is 3. The quantitative estimate of drug-likeness (QED) is 0.222. The topological polar surface area (TPSA) is 118 Å². The minimum Gasteiger partial charge on any atom is -0.495 e. The van der Waals surface area contributed by atoms with E-state index in [1.165, 1.54) is 14.2 Å². The predicted molar refractivity (Wildman–Crippen MR) is 156 cm³/mol. The average Bonchev–Trinajstić information content (AvgIpc) is 2.93. The summed E-state index contributed by atoms with van der Waals surface area (Å²) in [6, 6.07) is 17.3. The van der Waals surface area contributed by atoms with Crippen LogP contribution in [-0.4, -0.2) is 58.9 Å². The molecule has 0 heterocycles. The third kappa shape index (κ3) is 8.21. The molecule has 3 rings (SSSR count). The lowest BCUT2D eigenvalue weighted by Gasteiger charge is -2.22. The lowest BCUT2D eigenvalue weighted by molar-refractivity contribution is -0.118. The van der Waals surface area contributed by atoms with Gasteiger partial charge in [0.25, 0.3) is 0 Å². The van der Waals surface area contributed by atoms with Crippen LogP contribution in [0.25, 0.3) is 0 Å². The summed E-state index contributed by atoms with van der Waals surface area (Å²) in [5.74, 6) is 0.521. The Hall–Kier alpha value is -4.57. The van der Waals surface area contributed by atoms with Crippen LogP contribution in [0.1, 0.15) is 28.4 Å². The maximum absolute atomic E-state index is 12.7. The number of nitrogens with one attached hydrogen (secondary N) is 3. The normalized spacial score (nSPS) is 11.2. The van der Waals surface area contributed by atoms with Crippen molar-refractivity contribution in [2.75, 3.05) is 50.4 Å². The lowest BCUT2D eigenvalue weighted by Crippen LogP contribution is -2.36. The molecule has 0 saturated heterocycles. The van der Waals surface area contributed by atoms with Gasteiger partial charge in [0.05, 0.1) is 37.7 Å². The monoisotopic (exact) mass is 548 g/mol. The van der Waals surface area contributed by atoms with Crippen LogP contribution in [-0.2, 0) is 16.0 Å². The van der Waals surface area contributed by atoms with Crippen molar-refractivity contribution in [1.29, 1.82) is 0 Å². The highest BCUT2D eigenvalue weighted by Crippen LogP contribution is 2.29. The Balaban J connectivity index is 1.55. The molecule has 0 aromatic heterocycles. The summed E-state index contributed by atoms with van der Waals surface area (Å²) >= 11 is 0. The fourth-order valence-corrected chi connectivity index (χ4v) is 3.93. The van der Waals surface area contributed by atoms with Gasteiger partial charge in [0.15, 0.2) is 5.78 Å². The SMILES string of the molecule is COC(=O)c1ccc(OC(C)NCC(=O)Cc2ccc(NC(=O)Nc3ccccc3C)c(OC)c2)c(N(C)C)c1. The Morgan fingerprint density at radius 2 is 1.62 bits per heavy atom. The fraction of sp³-hybridized carbons (Fsp3) is 0.300. The van der Waals surface area contributed by atoms with E-state index in [1.54, 1.807) is 43.3 Å². The number of nitrogens with zero attached hydrogens (tertiary/aromatic N) is 1. The van der Waals surface area contributed by atoms with Gasteiger partial charge in [-0.25, -0.2) is 9.59 Å². The molecule has 3 N–H and O–H groups in total. The number of esters is 1. The van der Waals surface area contributed by atoms with Gasteiger partial charge in [0.2, 0.25) is 0 Å². The second-order valence-electron chi connectivity index (χ2n) is 9.35. The number of ketones is 1. The van der Waals surface area contributed by atoms with E-state index in [9.17, 15) is 14.4 Å². The minimum atomic E-state index is -0.473. The highest BCUT2D eigenvalue weighted by Gasteiger charge is 2.16. The van der Waals surface area contributed by atoms with Crippen LogP contribution in [0.3, 0.4) is 0 Å². The number of carbonyl (C=O) groups excluding carboxylic acids is 3. The van der Waals surface area contributed by atoms with Gasteiger partial charge < -0.3 is 29.7 Å². The molecular weight excluding hydrogens is 512 g/mol. The van der Waals surface area contributed by atoms with E-state index in [0.717, 1.165) is 11.1 Å². The molecule has 2 amide bonds. The summed E-state index contributed by atoms with van der Waals surface area (Å²) in [7, 11) is 6.53. The van der Waals surface area contributed by atoms with Crippen molar-refractivity contribution in [1.82, 2.24) is 5.32 Å². The van der Waals surface area contributed by atoms with Gasteiger partial charge in [-0.2, -0.15) is 0 Å². The Bertz CT molecular complexity index is 1360. The Morgan fingerprint density at radius 3 is 2.30 bits per heavy atom. The number of anilines is 3. The van der Waals surface area contributed by atoms with E-state index in [2.05, 4.69) is 16.0 Å². The van der Waals surface area contributed by atoms with Gasteiger partial charge in [-0.15, -0.1) is 0 Å². The molecule has 0 bridgehead atoms. The molecule has 0 aliphatic rings. The molecule has 3 aromatic rings. The summed E-state index contributed by atoms with van der Waals surface area (Å²) < 4.78 is 16.2. The first-order valence-corrected chi connectivity index (χ1v) is 12.7. The van der Waals surface area contributed by atoms with Crippen molar-refractivity contribution in [2.45, 2.75) is 26.5 Å². The predicted octanol–water partition coefficient (Wildman–Crippen LogP) is 4.63. The smallest absolute Gasteiger partial charge is 0.337 e. The van der Waals surface area contributed by atoms with Crippen molar-refractivity contribution in [2.24, 2.45) is 0 Å².